The lowest BCUT2D eigenvalue weighted by atomic mass is 9.99. The summed E-state index contributed by atoms with van der Waals surface area (Å²) < 4.78 is 0. The number of benzene rings is 2. The number of piperazine rings is 1. The van der Waals surface area contributed by atoms with Crippen LogP contribution >= 0.6 is 0 Å². The first-order valence-electron chi connectivity index (χ1n) is 10.3. The maximum atomic E-state index is 9.15. The van der Waals surface area contributed by atoms with Crippen molar-refractivity contribution >= 4 is 17.3 Å². The standard InChI is InChI=1S/C23H28N6O/c24-20-22(25-17-26-23(20)29-13-11-28(12-14-29)15-16-30)27-21(18-7-3-1-4-8-18)19-9-5-2-6-10-19/h1-10,17,21,30H,11-16,24H2,(H,25,26,27). The normalized spacial score (nSPS) is 14.8. The number of nitrogen functional groups attached to an aromatic ring is 1. The molecule has 3 aromatic rings. The van der Waals surface area contributed by atoms with Crippen LogP contribution in [0, 0.1) is 0 Å². The summed E-state index contributed by atoms with van der Waals surface area (Å²) in [7, 11) is 0. The van der Waals surface area contributed by atoms with Gasteiger partial charge in [-0.05, 0) is 11.1 Å². The molecule has 1 saturated heterocycles. The van der Waals surface area contributed by atoms with Crippen LogP contribution in [-0.4, -0.2) is 59.3 Å². The van der Waals surface area contributed by atoms with Gasteiger partial charge in [0, 0.05) is 32.7 Å². The van der Waals surface area contributed by atoms with Gasteiger partial charge in [0.15, 0.2) is 11.6 Å². The average Bonchev–Trinajstić information content (AvgIpc) is 2.80. The molecule has 1 aliphatic heterocycles. The van der Waals surface area contributed by atoms with Crippen LogP contribution in [0.3, 0.4) is 0 Å². The maximum absolute atomic E-state index is 9.15. The third kappa shape index (κ3) is 4.53. The molecule has 1 aliphatic rings. The molecule has 7 heteroatoms. The Balaban J connectivity index is 1.58. The molecule has 0 unspecified atom stereocenters. The van der Waals surface area contributed by atoms with Gasteiger partial charge in [-0.2, -0.15) is 0 Å². The lowest BCUT2D eigenvalue weighted by Gasteiger charge is -2.35. The van der Waals surface area contributed by atoms with Crippen molar-refractivity contribution in [3.05, 3.63) is 78.1 Å². The Labute approximate surface area is 177 Å². The van der Waals surface area contributed by atoms with Gasteiger partial charge < -0.3 is 21.1 Å². The molecule has 0 bridgehead atoms. The Morgan fingerprint density at radius 3 is 2.07 bits per heavy atom. The molecule has 0 atom stereocenters. The van der Waals surface area contributed by atoms with E-state index in [9.17, 15) is 0 Å². The van der Waals surface area contributed by atoms with Crippen LogP contribution in [0.2, 0.25) is 0 Å². The zero-order valence-electron chi connectivity index (χ0n) is 17.0. The van der Waals surface area contributed by atoms with Crippen molar-refractivity contribution in [3.63, 3.8) is 0 Å². The number of aromatic nitrogens is 2. The minimum Gasteiger partial charge on any atom is -0.395 e. The molecule has 0 saturated carbocycles. The Kier molecular flexibility index (Phi) is 6.41. The Morgan fingerprint density at radius 2 is 1.50 bits per heavy atom. The predicted octanol–water partition coefficient (Wildman–Crippen LogP) is 2.37. The molecular formula is C23H28N6O. The van der Waals surface area contributed by atoms with Gasteiger partial charge in [-0.25, -0.2) is 9.97 Å². The van der Waals surface area contributed by atoms with Crippen molar-refractivity contribution in [1.29, 1.82) is 0 Å². The van der Waals surface area contributed by atoms with Crippen LogP contribution < -0.4 is 16.0 Å². The van der Waals surface area contributed by atoms with Crippen molar-refractivity contribution in [1.82, 2.24) is 14.9 Å². The molecule has 156 valence electrons. The number of hydrogen-bond donors (Lipinski definition) is 3. The maximum Gasteiger partial charge on any atom is 0.157 e. The summed E-state index contributed by atoms with van der Waals surface area (Å²) in [4.78, 5) is 13.4. The number of nitrogens with one attached hydrogen (secondary N) is 1. The Bertz CT molecular complexity index is 889. The fraction of sp³-hybridized carbons (Fsp3) is 0.304. The topological polar surface area (TPSA) is 90.5 Å². The van der Waals surface area contributed by atoms with E-state index in [0.29, 0.717) is 18.1 Å². The molecule has 4 N–H and O–H groups in total. The number of nitrogens with zero attached hydrogens (tertiary/aromatic N) is 4. The van der Waals surface area contributed by atoms with Gasteiger partial charge in [0.1, 0.15) is 12.0 Å². The van der Waals surface area contributed by atoms with Crippen molar-refractivity contribution < 1.29 is 5.11 Å². The number of rotatable bonds is 7. The molecule has 0 aliphatic carbocycles. The van der Waals surface area contributed by atoms with Crippen molar-refractivity contribution in [2.75, 3.05) is 55.3 Å². The number of hydrogen-bond acceptors (Lipinski definition) is 7. The number of aliphatic hydroxyl groups excluding tert-OH is 1. The van der Waals surface area contributed by atoms with Gasteiger partial charge in [0.05, 0.1) is 12.6 Å². The molecule has 0 amide bonds. The number of β-amino-alcohol motifs (C(OH)–C–C–N with tert-alkyl or cyclic N) is 1. The number of anilines is 3. The van der Waals surface area contributed by atoms with Gasteiger partial charge in [-0.3, -0.25) is 4.90 Å². The van der Waals surface area contributed by atoms with Crippen LogP contribution in [0.4, 0.5) is 17.3 Å². The van der Waals surface area contributed by atoms with Crippen molar-refractivity contribution in [3.8, 4) is 0 Å². The van der Waals surface area contributed by atoms with Crippen molar-refractivity contribution in [2.24, 2.45) is 0 Å². The summed E-state index contributed by atoms with van der Waals surface area (Å²) >= 11 is 0. The largest absolute Gasteiger partial charge is 0.395 e. The molecular weight excluding hydrogens is 376 g/mol. The third-order valence-electron chi connectivity index (χ3n) is 5.50. The molecule has 0 radical (unpaired) electrons. The van der Waals surface area contributed by atoms with Gasteiger partial charge in [-0.15, -0.1) is 0 Å². The fourth-order valence-electron chi connectivity index (χ4n) is 3.86. The molecule has 2 heterocycles. The van der Waals surface area contributed by atoms with Crippen LogP contribution in [-0.2, 0) is 0 Å². The van der Waals surface area contributed by atoms with Crippen LogP contribution in [0.1, 0.15) is 17.2 Å². The SMILES string of the molecule is Nc1c(NC(c2ccccc2)c2ccccc2)ncnc1N1CCN(CCO)CC1. The lowest BCUT2D eigenvalue weighted by molar-refractivity contribution is 0.188. The quantitative estimate of drug-likeness (QED) is 0.557. The summed E-state index contributed by atoms with van der Waals surface area (Å²) in [5.41, 5.74) is 9.37. The lowest BCUT2D eigenvalue weighted by Crippen LogP contribution is -2.47. The molecule has 7 nitrogen and oxygen atoms in total. The molecule has 0 spiro atoms. The van der Waals surface area contributed by atoms with E-state index in [4.69, 9.17) is 10.8 Å². The highest BCUT2D eigenvalue weighted by molar-refractivity contribution is 5.75. The van der Waals surface area contributed by atoms with Gasteiger partial charge in [-0.1, -0.05) is 60.7 Å². The van der Waals surface area contributed by atoms with Gasteiger partial charge in [0.2, 0.25) is 0 Å². The Hall–Kier alpha value is -3.16. The minimum atomic E-state index is -0.0705. The molecule has 1 aromatic heterocycles. The van der Waals surface area contributed by atoms with Crippen LogP contribution in [0.5, 0.6) is 0 Å². The van der Waals surface area contributed by atoms with Crippen LogP contribution in [0.15, 0.2) is 67.0 Å². The first-order chi connectivity index (χ1) is 14.8. The average molecular weight is 405 g/mol. The molecule has 30 heavy (non-hydrogen) atoms. The predicted molar refractivity (Wildman–Crippen MR) is 121 cm³/mol. The van der Waals surface area contributed by atoms with E-state index in [1.165, 1.54) is 0 Å². The van der Waals surface area contributed by atoms with E-state index in [1.807, 2.05) is 36.4 Å². The zero-order valence-corrected chi connectivity index (χ0v) is 17.0. The van der Waals surface area contributed by atoms with Crippen molar-refractivity contribution in [2.45, 2.75) is 6.04 Å². The van der Waals surface area contributed by atoms with E-state index < -0.39 is 0 Å². The zero-order chi connectivity index (χ0) is 20.8. The Morgan fingerprint density at radius 1 is 0.900 bits per heavy atom. The van der Waals surface area contributed by atoms with E-state index >= 15 is 0 Å². The second-order valence-corrected chi connectivity index (χ2v) is 7.41. The summed E-state index contributed by atoms with van der Waals surface area (Å²) in [6.07, 6.45) is 1.57. The van der Waals surface area contributed by atoms with Gasteiger partial charge in [0.25, 0.3) is 0 Å². The smallest absolute Gasteiger partial charge is 0.157 e. The highest BCUT2D eigenvalue weighted by Gasteiger charge is 2.22. The molecule has 4 rings (SSSR count). The monoisotopic (exact) mass is 404 g/mol. The fourth-order valence-corrected chi connectivity index (χ4v) is 3.86. The van der Waals surface area contributed by atoms with E-state index in [0.717, 1.165) is 43.1 Å². The first kappa shape index (κ1) is 20.1. The molecule has 1 fully saturated rings. The van der Waals surface area contributed by atoms with E-state index in [-0.39, 0.29) is 12.6 Å². The summed E-state index contributed by atoms with van der Waals surface area (Å²) in [5, 5.41) is 12.7. The second kappa shape index (κ2) is 9.56. The highest BCUT2D eigenvalue weighted by Crippen LogP contribution is 2.32. The first-order valence-corrected chi connectivity index (χ1v) is 10.3. The summed E-state index contributed by atoms with van der Waals surface area (Å²) in [5.74, 6) is 1.39. The summed E-state index contributed by atoms with van der Waals surface area (Å²) in [6, 6.07) is 20.5. The third-order valence-corrected chi connectivity index (χ3v) is 5.50. The minimum absolute atomic E-state index is 0.0705. The second-order valence-electron chi connectivity index (χ2n) is 7.41. The molecule has 2 aromatic carbocycles. The highest BCUT2D eigenvalue weighted by atomic mass is 16.3. The number of aliphatic hydroxyl groups is 1. The van der Waals surface area contributed by atoms with Crippen LogP contribution in [0.25, 0.3) is 0 Å². The number of nitrogens with two attached hydrogens (primary N) is 1. The summed E-state index contributed by atoms with van der Waals surface area (Å²) in [6.45, 7) is 4.29. The van der Waals surface area contributed by atoms with E-state index in [2.05, 4.69) is 49.4 Å². The van der Waals surface area contributed by atoms with Gasteiger partial charge >= 0.3 is 0 Å². The van der Waals surface area contributed by atoms with E-state index in [1.54, 1.807) is 6.33 Å².